The van der Waals surface area contributed by atoms with Gasteiger partial charge in [0.2, 0.25) is 0 Å². The van der Waals surface area contributed by atoms with Gasteiger partial charge in [0.1, 0.15) is 0 Å². The number of rotatable bonds is 10. The Balaban J connectivity index is 2.05. The van der Waals surface area contributed by atoms with Gasteiger partial charge >= 0.3 is 0 Å². The molecule has 1 fully saturated rings. The Hall–Kier alpha value is -0.660. The third-order valence-electron chi connectivity index (χ3n) is 4.71. The molecule has 1 aliphatic heterocycles. The fourth-order valence-corrected chi connectivity index (χ4v) is 5.33. The lowest BCUT2D eigenvalue weighted by molar-refractivity contribution is 0.0370. The number of Topliss-reactive ketones (excluding diaryl/α,β-unsaturated/α-hetero) is 1. The van der Waals surface area contributed by atoms with Crippen molar-refractivity contribution in [3.8, 4) is 0 Å². The van der Waals surface area contributed by atoms with Gasteiger partial charge in [-0.05, 0) is 18.6 Å². The molecule has 5 nitrogen and oxygen atoms in total. The zero-order chi connectivity index (χ0) is 19.9. The molecule has 1 heterocycles. The first-order chi connectivity index (χ1) is 12.9. The number of unbranched alkanes of at least 4 members (excludes halogenated alkanes) is 3. The van der Waals surface area contributed by atoms with E-state index in [1.165, 1.54) is 12.1 Å². The van der Waals surface area contributed by atoms with Crippen LogP contribution in [0.25, 0.3) is 0 Å². The van der Waals surface area contributed by atoms with Crippen LogP contribution in [0.15, 0.2) is 17.0 Å². The maximum Gasteiger partial charge on any atom is 0.179 e. The Bertz CT molecular complexity index is 746. The topological polar surface area (TPSA) is 63.7 Å². The lowest BCUT2D eigenvalue weighted by atomic mass is 10.1. The van der Waals surface area contributed by atoms with E-state index in [9.17, 15) is 13.2 Å². The number of ether oxygens (including phenoxy) is 1. The van der Waals surface area contributed by atoms with Crippen LogP contribution in [0.1, 0.15) is 49.4 Å². The molecule has 0 atom stereocenters. The molecule has 8 heteroatoms. The van der Waals surface area contributed by atoms with E-state index in [-0.39, 0.29) is 32.0 Å². The van der Waals surface area contributed by atoms with Crippen molar-refractivity contribution in [3.05, 3.63) is 27.7 Å². The number of carbonyl (C=O) groups is 1. The molecular formula is C19H27Cl2NO4S. The number of sulfone groups is 1. The summed E-state index contributed by atoms with van der Waals surface area (Å²) in [5.41, 5.74) is 0.278. The summed E-state index contributed by atoms with van der Waals surface area (Å²) < 4.78 is 30.4. The second-order valence-corrected chi connectivity index (χ2v) is 9.58. The van der Waals surface area contributed by atoms with Gasteiger partial charge in [-0.2, -0.15) is 0 Å². The van der Waals surface area contributed by atoms with Gasteiger partial charge in [-0.1, -0.05) is 49.4 Å². The van der Waals surface area contributed by atoms with Crippen molar-refractivity contribution < 1.29 is 17.9 Å². The Morgan fingerprint density at radius 1 is 1.11 bits per heavy atom. The molecule has 0 bridgehead atoms. The first-order valence-corrected chi connectivity index (χ1v) is 11.8. The van der Waals surface area contributed by atoms with Gasteiger partial charge < -0.3 is 4.74 Å². The Kier molecular flexibility index (Phi) is 9.02. The minimum atomic E-state index is -3.52. The van der Waals surface area contributed by atoms with Crippen LogP contribution in [-0.4, -0.2) is 57.7 Å². The second kappa shape index (κ2) is 10.8. The van der Waals surface area contributed by atoms with Gasteiger partial charge in [0.15, 0.2) is 15.6 Å². The Morgan fingerprint density at radius 3 is 2.48 bits per heavy atom. The molecule has 0 spiro atoms. The molecule has 2 rings (SSSR count). The third kappa shape index (κ3) is 6.43. The van der Waals surface area contributed by atoms with E-state index >= 15 is 0 Å². The predicted octanol–water partition coefficient (Wildman–Crippen LogP) is 4.25. The summed E-state index contributed by atoms with van der Waals surface area (Å²) in [6.45, 7) is 5.64. The van der Waals surface area contributed by atoms with Crippen LogP contribution in [0.4, 0.5) is 0 Å². The van der Waals surface area contributed by atoms with Gasteiger partial charge in [0, 0.05) is 31.6 Å². The molecule has 0 N–H and O–H groups in total. The zero-order valence-electron chi connectivity index (χ0n) is 15.7. The summed E-state index contributed by atoms with van der Waals surface area (Å²) >= 11 is 12.5. The summed E-state index contributed by atoms with van der Waals surface area (Å²) in [7, 11) is -3.52. The highest BCUT2D eigenvalue weighted by Crippen LogP contribution is 2.34. The molecule has 1 aromatic rings. The van der Waals surface area contributed by atoms with Gasteiger partial charge in [-0.3, -0.25) is 9.69 Å². The summed E-state index contributed by atoms with van der Waals surface area (Å²) in [6.07, 6.45) is 3.79. The zero-order valence-corrected chi connectivity index (χ0v) is 18.0. The van der Waals surface area contributed by atoms with E-state index in [2.05, 4.69) is 11.8 Å². The number of carbonyl (C=O) groups excluding carboxylic acids is 1. The van der Waals surface area contributed by atoms with Crippen LogP contribution in [0, 0.1) is 0 Å². The van der Waals surface area contributed by atoms with Crippen LogP contribution >= 0.6 is 23.2 Å². The van der Waals surface area contributed by atoms with Crippen LogP contribution in [0.3, 0.4) is 0 Å². The molecular weight excluding hydrogens is 409 g/mol. The largest absolute Gasteiger partial charge is 0.379 e. The van der Waals surface area contributed by atoms with Crippen molar-refractivity contribution in [1.29, 1.82) is 0 Å². The summed E-state index contributed by atoms with van der Waals surface area (Å²) in [5.74, 6) is -0.104. The van der Waals surface area contributed by atoms with E-state index in [0.717, 1.165) is 32.4 Å². The maximum absolute atomic E-state index is 12.5. The van der Waals surface area contributed by atoms with Crippen molar-refractivity contribution in [3.63, 3.8) is 0 Å². The minimum absolute atomic E-state index is 0.00962. The number of ketones is 1. The number of hydrogen-bond donors (Lipinski definition) is 0. The maximum atomic E-state index is 12.5. The van der Waals surface area contributed by atoms with Crippen molar-refractivity contribution in [2.75, 3.05) is 38.6 Å². The molecule has 1 saturated heterocycles. The summed E-state index contributed by atoms with van der Waals surface area (Å²) in [5, 5.41) is -0.0253. The molecule has 0 amide bonds. The Labute approximate surface area is 171 Å². The summed E-state index contributed by atoms with van der Waals surface area (Å²) in [6, 6.07) is 2.89. The number of hydrogen-bond acceptors (Lipinski definition) is 5. The standard InChI is InChI=1S/C19H27Cl2NO4S/c1-2-3-4-5-14-27(24,25)17-7-6-15(18(20)19(17)21)16(23)8-9-22-10-12-26-13-11-22/h6-7H,2-5,8-14H2,1H3. The van der Waals surface area contributed by atoms with Crippen LogP contribution in [0.2, 0.25) is 10.0 Å². The molecule has 0 saturated carbocycles. The van der Waals surface area contributed by atoms with E-state index in [4.69, 9.17) is 27.9 Å². The number of benzene rings is 1. The molecule has 1 aliphatic rings. The van der Waals surface area contributed by atoms with Gasteiger partial charge in [-0.15, -0.1) is 0 Å². The molecule has 152 valence electrons. The Morgan fingerprint density at radius 2 is 1.81 bits per heavy atom. The molecule has 0 aromatic heterocycles. The monoisotopic (exact) mass is 435 g/mol. The molecule has 27 heavy (non-hydrogen) atoms. The second-order valence-electron chi connectivity index (χ2n) is 6.75. The number of nitrogens with zero attached hydrogens (tertiary/aromatic N) is 1. The van der Waals surface area contributed by atoms with Crippen LogP contribution < -0.4 is 0 Å². The van der Waals surface area contributed by atoms with E-state index in [0.29, 0.717) is 32.6 Å². The molecule has 0 aliphatic carbocycles. The summed E-state index contributed by atoms with van der Waals surface area (Å²) in [4.78, 5) is 14.7. The lowest BCUT2D eigenvalue weighted by Crippen LogP contribution is -2.37. The van der Waals surface area contributed by atoms with Crippen LogP contribution in [0.5, 0.6) is 0 Å². The van der Waals surface area contributed by atoms with Gasteiger partial charge in [0.05, 0.1) is 33.9 Å². The normalized spacial score (nSPS) is 15.8. The first-order valence-electron chi connectivity index (χ1n) is 9.41. The van der Waals surface area contributed by atoms with Crippen molar-refractivity contribution in [1.82, 2.24) is 4.90 Å². The lowest BCUT2D eigenvalue weighted by Gasteiger charge is -2.26. The highest BCUT2D eigenvalue weighted by Gasteiger charge is 2.23. The SMILES string of the molecule is CCCCCCS(=O)(=O)c1ccc(C(=O)CCN2CCOCC2)c(Cl)c1Cl. The fourth-order valence-electron chi connectivity index (χ4n) is 3.04. The van der Waals surface area contributed by atoms with E-state index < -0.39 is 9.84 Å². The van der Waals surface area contributed by atoms with Crippen molar-refractivity contribution in [2.24, 2.45) is 0 Å². The smallest absolute Gasteiger partial charge is 0.179 e. The molecule has 0 unspecified atom stereocenters. The minimum Gasteiger partial charge on any atom is -0.379 e. The average molecular weight is 436 g/mol. The number of morpholine rings is 1. The third-order valence-corrected chi connectivity index (χ3v) is 7.54. The van der Waals surface area contributed by atoms with Crippen LogP contribution in [-0.2, 0) is 14.6 Å². The first kappa shape index (κ1) is 22.6. The van der Waals surface area contributed by atoms with E-state index in [1.54, 1.807) is 0 Å². The highest BCUT2D eigenvalue weighted by molar-refractivity contribution is 7.91. The van der Waals surface area contributed by atoms with Gasteiger partial charge in [-0.25, -0.2) is 8.42 Å². The molecule has 1 aromatic carbocycles. The number of halogens is 2. The van der Waals surface area contributed by atoms with Gasteiger partial charge in [0.25, 0.3) is 0 Å². The predicted molar refractivity (Wildman–Crippen MR) is 109 cm³/mol. The highest BCUT2D eigenvalue weighted by atomic mass is 35.5. The molecule has 0 radical (unpaired) electrons. The van der Waals surface area contributed by atoms with E-state index in [1.807, 2.05) is 0 Å². The fraction of sp³-hybridized carbons (Fsp3) is 0.632. The quantitative estimate of drug-likeness (QED) is 0.405. The van der Waals surface area contributed by atoms with Crippen molar-refractivity contribution in [2.45, 2.75) is 43.9 Å². The van der Waals surface area contributed by atoms with Crippen molar-refractivity contribution >= 4 is 38.8 Å². The average Bonchev–Trinajstić information content (AvgIpc) is 2.66.